The first-order chi connectivity index (χ1) is 12.2. The van der Waals surface area contributed by atoms with Crippen molar-refractivity contribution in [2.45, 2.75) is 12.6 Å². The maximum atomic E-state index is 13.4. The topological polar surface area (TPSA) is 3.24 Å². The third-order valence-corrected chi connectivity index (χ3v) is 4.01. The standard InChI is InChI=1S/C23H20FN/c1-25(18-20-9-4-2-5-10-20)23(21-12-6-3-7-13-21)16-15-19-11-8-14-22(24)17-19/h2-14,17,23H,18H2,1H3. The quantitative estimate of drug-likeness (QED) is 0.605. The largest absolute Gasteiger partial charge is 0.285 e. The molecule has 0 aliphatic heterocycles. The molecular formula is C23H20FN. The minimum Gasteiger partial charge on any atom is -0.285 e. The molecule has 0 aliphatic carbocycles. The summed E-state index contributed by atoms with van der Waals surface area (Å²) >= 11 is 0. The fourth-order valence-electron chi connectivity index (χ4n) is 2.76. The summed E-state index contributed by atoms with van der Waals surface area (Å²) in [5.74, 6) is 6.16. The van der Waals surface area contributed by atoms with Gasteiger partial charge in [0, 0.05) is 12.1 Å². The molecule has 0 radical (unpaired) electrons. The van der Waals surface area contributed by atoms with Gasteiger partial charge in [-0.05, 0) is 36.4 Å². The molecule has 0 aromatic heterocycles. The molecule has 1 atom stereocenters. The van der Waals surface area contributed by atoms with E-state index in [0.29, 0.717) is 5.56 Å². The average Bonchev–Trinajstić information content (AvgIpc) is 2.64. The van der Waals surface area contributed by atoms with Crippen LogP contribution < -0.4 is 0 Å². The Hall–Kier alpha value is -2.89. The van der Waals surface area contributed by atoms with Crippen LogP contribution in [0.25, 0.3) is 0 Å². The van der Waals surface area contributed by atoms with Gasteiger partial charge in [0.2, 0.25) is 0 Å². The van der Waals surface area contributed by atoms with Crippen LogP contribution in [0.5, 0.6) is 0 Å². The maximum absolute atomic E-state index is 13.4. The molecule has 0 saturated carbocycles. The minimum atomic E-state index is -0.263. The van der Waals surface area contributed by atoms with E-state index in [9.17, 15) is 4.39 Å². The molecule has 0 saturated heterocycles. The predicted octanol–water partition coefficient (Wildman–Crippen LogP) is 5.05. The van der Waals surface area contributed by atoms with Gasteiger partial charge in [0.15, 0.2) is 0 Å². The van der Waals surface area contributed by atoms with Crippen LogP contribution in [-0.2, 0) is 6.54 Å². The molecule has 25 heavy (non-hydrogen) atoms. The highest BCUT2D eigenvalue weighted by Gasteiger charge is 2.14. The Labute approximate surface area is 148 Å². The van der Waals surface area contributed by atoms with E-state index in [2.05, 4.69) is 48.1 Å². The van der Waals surface area contributed by atoms with Gasteiger partial charge >= 0.3 is 0 Å². The Morgan fingerprint density at radius 3 is 2.24 bits per heavy atom. The van der Waals surface area contributed by atoms with Crippen molar-refractivity contribution in [1.82, 2.24) is 4.90 Å². The van der Waals surface area contributed by atoms with Crippen LogP contribution in [0, 0.1) is 17.7 Å². The Kier molecular flexibility index (Phi) is 5.61. The maximum Gasteiger partial charge on any atom is 0.124 e. The lowest BCUT2D eigenvalue weighted by Gasteiger charge is -2.24. The first-order valence-electron chi connectivity index (χ1n) is 8.28. The summed E-state index contributed by atoms with van der Waals surface area (Å²) in [5.41, 5.74) is 3.05. The van der Waals surface area contributed by atoms with Crippen LogP contribution >= 0.6 is 0 Å². The van der Waals surface area contributed by atoms with Gasteiger partial charge in [0.25, 0.3) is 0 Å². The van der Waals surface area contributed by atoms with E-state index in [1.165, 1.54) is 17.7 Å². The van der Waals surface area contributed by atoms with Crippen molar-refractivity contribution in [2.24, 2.45) is 0 Å². The third kappa shape index (κ3) is 4.79. The van der Waals surface area contributed by atoms with Crippen LogP contribution in [-0.4, -0.2) is 11.9 Å². The minimum absolute atomic E-state index is 0.0651. The Morgan fingerprint density at radius 2 is 1.56 bits per heavy atom. The Morgan fingerprint density at radius 1 is 0.880 bits per heavy atom. The summed E-state index contributed by atoms with van der Waals surface area (Å²) in [6, 6.07) is 26.8. The summed E-state index contributed by atoms with van der Waals surface area (Å²) in [6.45, 7) is 0.790. The van der Waals surface area contributed by atoms with Crippen molar-refractivity contribution in [3.8, 4) is 11.8 Å². The van der Waals surface area contributed by atoms with Gasteiger partial charge in [-0.3, -0.25) is 4.90 Å². The summed E-state index contributed by atoms with van der Waals surface area (Å²) < 4.78 is 13.4. The van der Waals surface area contributed by atoms with Crippen molar-refractivity contribution >= 4 is 0 Å². The van der Waals surface area contributed by atoms with E-state index < -0.39 is 0 Å². The van der Waals surface area contributed by atoms with Gasteiger partial charge in [0.05, 0.1) is 6.04 Å². The molecule has 0 aliphatic rings. The molecule has 1 nitrogen and oxygen atoms in total. The smallest absolute Gasteiger partial charge is 0.124 e. The van der Waals surface area contributed by atoms with Gasteiger partial charge in [-0.1, -0.05) is 78.6 Å². The average molecular weight is 329 g/mol. The van der Waals surface area contributed by atoms with Gasteiger partial charge in [-0.25, -0.2) is 4.39 Å². The lowest BCUT2D eigenvalue weighted by Crippen LogP contribution is -2.23. The molecule has 3 aromatic carbocycles. The predicted molar refractivity (Wildman–Crippen MR) is 100 cm³/mol. The molecule has 0 amide bonds. The molecule has 0 N–H and O–H groups in total. The fraction of sp³-hybridized carbons (Fsp3) is 0.130. The highest BCUT2D eigenvalue weighted by Crippen LogP contribution is 2.21. The molecule has 3 rings (SSSR count). The summed E-state index contributed by atoms with van der Waals surface area (Å²) in [6.07, 6.45) is 0. The fourth-order valence-corrected chi connectivity index (χ4v) is 2.76. The highest BCUT2D eigenvalue weighted by atomic mass is 19.1. The van der Waals surface area contributed by atoms with Crippen LogP contribution in [0.2, 0.25) is 0 Å². The lowest BCUT2D eigenvalue weighted by atomic mass is 10.0. The second-order valence-corrected chi connectivity index (χ2v) is 5.99. The number of benzene rings is 3. The van der Waals surface area contributed by atoms with E-state index in [0.717, 1.165) is 12.1 Å². The third-order valence-electron chi connectivity index (χ3n) is 4.01. The van der Waals surface area contributed by atoms with E-state index >= 15 is 0 Å². The second-order valence-electron chi connectivity index (χ2n) is 5.99. The van der Waals surface area contributed by atoms with Crippen molar-refractivity contribution in [3.63, 3.8) is 0 Å². The van der Waals surface area contributed by atoms with Crippen molar-refractivity contribution in [3.05, 3.63) is 107 Å². The van der Waals surface area contributed by atoms with Gasteiger partial charge in [-0.15, -0.1) is 0 Å². The van der Waals surface area contributed by atoms with Crippen molar-refractivity contribution in [2.75, 3.05) is 7.05 Å². The zero-order valence-electron chi connectivity index (χ0n) is 14.2. The van der Waals surface area contributed by atoms with Crippen LogP contribution in [0.3, 0.4) is 0 Å². The Balaban J connectivity index is 1.88. The number of halogens is 1. The zero-order chi connectivity index (χ0) is 17.5. The first-order valence-corrected chi connectivity index (χ1v) is 8.28. The second kappa shape index (κ2) is 8.28. The van der Waals surface area contributed by atoms with E-state index in [-0.39, 0.29) is 11.9 Å². The summed E-state index contributed by atoms with van der Waals surface area (Å²) in [7, 11) is 2.06. The molecule has 0 bridgehead atoms. The zero-order valence-corrected chi connectivity index (χ0v) is 14.2. The number of hydrogen-bond donors (Lipinski definition) is 0. The number of hydrogen-bond acceptors (Lipinski definition) is 1. The molecule has 2 heteroatoms. The molecule has 0 spiro atoms. The highest BCUT2D eigenvalue weighted by molar-refractivity contribution is 5.38. The van der Waals surface area contributed by atoms with E-state index in [1.54, 1.807) is 6.07 Å². The van der Waals surface area contributed by atoms with Crippen LogP contribution in [0.1, 0.15) is 22.7 Å². The monoisotopic (exact) mass is 329 g/mol. The summed E-state index contributed by atoms with van der Waals surface area (Å²) in [4.78, 5) is 2.21. The van der Waals surface area contributed by atoms with Gasteiger partial charge < -0.3 is 0 Å². The molecule has 124 valence electrons. The van der Waals surface area contributed by atoms with Gasteiger partial charge in [-0.2, -0.15) is 0 Å². The first kappa shape index (κ1) is 17.0. The SMILES string of the molecule is CN(Cc1ccccc1)C(C#Cc1cccc(F)c1)c1ccccc1. The number of rotatable bonds is 4. The molecule has 1 unspecified atom stereocenters. The van der Waals surface area contributed by atoms with Crippen LogP contribution in [0.15, 0.2) is 84.9 Å². The lowest BCUT2D eigenvalue weighted by molar-refractivity contribution is 0.285. The van der Waals surface area contributed by atoms with Gasteiger partial charge in [0.1, 0.15) is 5.82 Å². The van der Waals surface area contributed by atoms with Crippen LogP contribution in [0.4, 0.5) is 4.39 Å². The molecule has 0 fully saturated rings. The van der Waals surface area contributed by atoms with Crippen molar-refractivity contribution < 1.29 is 4.39 Å². The summed E-state index contributed by atoms with van der Waals surface area (Å²) in [5, 5.41) is 0. The van der Waals surface area contributed by atoms with E-state index in [1.807, 2.05) is 42.5 Å². The molecule has 0 heterocycles. The van der Waals surface area contributed by atoms with E-state index in [4.69, 9.17) is 0 Å². The number of nitrogens with zero attached hydrogens (tertiary/aromatic N) is 1. The Bertz CT molecular complexity index is 863. The molecule has 3 aromatic rings. The van der Waals surface area contributed by atoms with Crippen molar-refractivity contribution in [1.29, 1.82) is 0 Å². The molecular weight excluding hydrogens is 309 g/mol. The normalized spacial score (nSPS) is 11.6.